The smallest absolute Gasteiger partial charge is 0.330 e. The van der Waals surface area contributed by atoms with Gasteiger partial charge in [0.2, 0.25) is 0 Å². The van der Waals surface area contributed by atoms with E-state index in [2.05, 4.69) is 4.90 Å². The van der Waals surface area contributed by atoms with Gasteiger partial charge in [-0.05, 0) is 50.9 Å². The molecule has 0 unspecified atom stereocenters. The number of hydrogen-bond acceptors (Lipinski definition) is 5. The van der Waals surface area contributed by atoms with Gasteiger partial charge in [0, 0.05) is 23.6 Å². The van der Waals surface area contributed by atoms with Crippen LogP contribution in [-0.4, -0.2) is 50.8 Å². The maximum atomic E-state index is 12.2. The number of benzene rings is 1. The first-order valence-electron chi connectivity index (χ1n) is 9.53. The molecular formula is C21H29NO4. The average molecular weight is 359 g/mol. The highest BCUT2D eigenvalue weighted by atomic mass is 16.5. The van der Waals surface area contributed by atoms with Crippen LogP contribution in [0.5, 0.6) is 11.5 Å². The minimum Gasteiger partial charge on any atom is -0.493 e. The molecular weight excluding hydrogens is 330 g/mol. The fourth-order valence-corrected chi connectivity index (χ4v) is 4.21. The van der Waals surface area contributed by atoms with Crippen LogP contribution in [0.25, 0.3) is 6.08 Å². The van der Waals surface area contributed by atoms with E-state index < -0.39 is 0 Å². The molecule has 2 aliphatic heterocycles. The van der Waals surface area contributed by atoms with Gasteiger partial charge in [-0.25, -0.2) is 4.79 Å². The molecule has 1 aromatic carbocycles. The van der Waals surface area contributed by atoms with E-state index in [0.29, 0.717) is 30.1 Å². The Balaban J connectivity index is 1.56. The maximum absolute atomic E-state index is 12.2. The minimum absolute atomic E-state index is 0.303. The molecule has 2 fully saturated rings. The topological polar surface area (TPSA) is 48.0 Å². The summed E-state index contributed by atoms with van der Waals surface area (Å²) in [7, 11) is 3.19. The van der Waals surface area contributed by atoms with Gasteiger partial charge in [0.1, 0.15) is 0 Å². The monoisotopic (exact) mass is 359 g/mol. The van der Waals surface area contributed by atoms with Gasteiger partial charge in [-0.1, -0.05) is 18.6 Å². The molecule has 2 saturated heterocycles. The summed E-state index contributed by atoms with van der Waals surface area (Å²) in [6.45, 7) is 2.91. The largest absolute Gasteiger partial charge is 0.493 e. The summed E-state index contributed by atoms with van der Waals surface area (Å²) >= 11 is 0. The number of fused-ring (bicyclic) bond motifs is 1. The number of ether oxygens (including phenoxy) is 3. The molecule has 3 rings (SSSR count). The number of carbonyl (C=O) groups excluding carboxylic acids is 1. The van der Waals surface area contributed by atoms with Crippen LogP contribution in [0.4, 0.5) is 0 Å². The number of methoxy groups -OCH3 is 2. The normalized spacial score (nSPS) is 23.5. The fraction of sp³-hybridized carbons (Fsp3) is 0.571. The SMILES string of the molecule is COc1cccc(C=CC(=O)OC[C@@H]2CCCN3CCCC[C@H]23)c1OC. The van der Waals surface area contributed by atoms with Crippen molar-refractivity contribution >= 4 is 12.0 Å². The first-order valence-corrected chi connectivity index (χ1v) is 9.53. The summed E-state index contributed by atoms with van der Waals surface area (Å²) in [6.07, 6.45) is 9.38. The molecule has 0 aliphatic carbocycles. The molecule has 5 heteroatoms. The second-order valence-corrected chi connectivity index (χ2v) is 7.05. The third kappa shape index (κ3) is 4.39. The third-order valence-corrected chi connectivity index (χ3v) is 5.50. The second-order valence-electron chi connectivity index (χ2n) is 7.05. The number of nitrogens with zero attached hydrogens (tertiary/aromatic N) is 1. The van der Waals surface area contributed by atoms with Gasteiger partial charge in [-0.15, -0.1) is 0 Å². The highest BCUT2D eigenvalue weighted by Crippen LogP contribution is 2.32. The summed E-state index contributed by atoms with van der Waals surface area (Å²) in [5, 5.41) is 0. The van der Waals surface area contributed by atoms with Gasteiger partial charge < -0.3 is 14.2 Å². The number of carbonyl (C=O) groups is 1. The molecule has 0 saturated carbocycles. The van der Waals surface area contributed by atoms with Gasteiger partial charge in [0.15, 0.2) is 11.5 Å². The van der Waals surface area contributed by atoms with Gasteiger partial charge >= 0.3 is 5.97 Å². The molecule has 0 radical (unpaired) electrons. The van der Waals surface area contributed by atoms with E-state index in [1.54, 1.807) is 20.3 Å². The molecule has 0 bridgehead atoms. The summed E-state index contributed by atoms with van der Waals surface area (Å²) in [5.41, 5.74) is 0.792. The van der Waals surface area contributed by atoms with Crippen LogP contribution < -0.4 is 9.47 Å². The molecule has 1 aromatic rings. The Kier molecular flexibility index (Phi) is 6.56. The molecule has 0 amide bonds. The van der Waals surface area contributed by atoms with E-state index in [-0.39, 0.29) is 5.97 Å². The highest BCUT2D eigenvalue weighted by molar-refractivity contribution is 5.87. The van der Waals surface area contributed by atoms with Crippen LogP contribution in [0.2, 0.25) is 0 Å². The quantitative estimate of drug-likeness (QED) is 0.574. The Hall–Kier alpha value is -2.01. The molecule has 2 aliphatic rings. The zero-order valence-electron chi connectivity index (χ0n) is 15.8. The Morgan fingerprint density at radius 3 is 2.81 bits per heavy atom. The van der Waals surface area contributed by atoms with Gasteiger partial charge in [0.05, 0.1) is 20.8 Å². The summed E-state index contributed by atoms with van der Waals surface area (Å²) < 4.78 is 16.2. The molecule has 0 spiro atoms. The van der Waals surface area contributed by atoms with Crippen LogP contribution >= 0.6 is 0 Å². The molecule has 5 nitrogen and oxygen atoms in total. The summed E-state index contributed by atoms with van der Waals surface area (Å²) in [4.78, 5) is 14.8. The van der Waals surface area contributed by atoms with Crippen molar-refractivity contribution in [2.75, 3.05) is 33.9 Å². The fourth-order valence-electron chi connectivity index (χ4n) is 4.21. The second kappa shape index (κ2) is 9.08. The van der Waals surface area contributed by atoms with Crippen molar-refractivity contribution in [2.45, 2.75) is 38.1 Å². The predicted molar refractivity (Wildman–Crippen MR) is 101 cm³/mol. The number of para-hydroxylation sites is 1. The third-order valence-electron chi connectivity index (χ3n) is 5.50. The Morgan fingerprint density at radius 1 is 1.15 bits per heavy atom. The van der Waals surface area contributed by atoms with E-state index >= 15 is 0 Å². The average Bonchev–Trinajstić information content (AvgIpc) is 2.70. The Morgan fingerprint density at radius 2 is 2.00 bits per heavy atom. The van der Waals surface area contributed by atoms with Crippen molar-refractivity contribution in [3.8, 4) is 11.5 Å². The number of esters is 1. The lowest BCUT2D eigenvalue weighted by Gasteiger charge is -2.44. The highest BCUT2D eigenvalue weighted by Gasteiger charge is 2.33. The molecule has 2 heterocycles. The lowest BCUT2D eigenvalue weighted by Crippen LogP contribution is -2.49. The molecule has 0 aromatic heterocycles. The first kappa shape index (κ1) is 18.8. The van der Waals surface area contributed by atoms with Crippen molar-refractivity contribution in [2.24, 2.45) is 5.92 Å². The van der Waals surface area contributed by atoms with Crippen molar-refractivity contribution < 1.29 is 19.0 Å². The minimum atomic E-state index is -0.303. The summed E-state index contributed by atoms with van der Waals surface area (Å²) in [5.74, 6) is 1.42. The molecule has 0 N–H and O–H groups in total. The molecule has 2 atom stereocenters. The Bertz CT molecular complexity index is 641. The van der Waals surface area contributed by atoms with Gasteiger partial charge in [-0.2, -0.15) is 0 Å². The van der Waals surface area contributed by atoms with Crippen LogP contribution in [0.15, 0.2) is 24.3 Å². The van der Waals surface area contributed by atoms with Gasteiger partial charge in [-0.3, -0.25) is 4.90 Å². The van der Waals surface area contributed by atoms with E-state index in [0.717, 1.165) is 12.0 Å². The Labute approximate surface area is 155 Å². The zero-order valence-corrected chi connectivity index (χ0v) is 15.8. The van der Waals surface area contributed by atoms with E-state index in [1.165, 1.54) is 44.8 Å². The lowest BCUT2D eigenvalue weighted by atomic mass is 9.84. The summed E-state index contributed by atoms with van der Waals surface area (Å²) in [6, 6.07) is 6.17. The number of rotatable bonds is 6. The maximum Gasteiger partial charge on any atom is 0.330 e. The number of piperidine rings is 2. The molecule has 142 valence electrons. The van der Waals surface area contributed by atoms with Crippen LogP contribution in [0.1, 0.15) is 37.7 Å². The van der Waals surface area contributed by atoms with Crippen molar-refractivity contribution in [1.82, 2.24) is 4.90 Å². The lowest BCUT2D eigenvalue weighted by molar-refractivity contribution is -0.140. The van der Waals surface area contributed by atoms with Crippen molar-refractivity contribution in [3.05, 3.63) is 29.8 Å². The standard InChI is InChI=1S/C21H29NO4/c1-24-19-10-5-7-16(21(19)25-2)11-12-20(23)26-15-17-8-6-14-22-13-4-3-9-18(17)22/h5,7,10-12,17-18H,3-4,6,8-9,13-15H2,1-2H3/t17-,18+/m0/s1. The van der Waals surface area contributed by atoms with Crippen LogP contribution in [-0.2, 0) is 9.53 Å². The van der Waals surface area contributed by atoms with E-state index in [9.17, 15) is 4.79 Å². The van der Waals surface area contributed by atoms with Gasteiger partial charge in [0.25, 0.3) is 0 Å². The predicted octanol–water partition coefficient (Wildman–Crippen LogP) is 3.52. The van der Waals surface area contributed by atoms with Crippen molar-refractivity contribution in [1.29, 1.82) is 0 Å². The zero-order chi connectivity index (χ0) is 18.4. The van der Waals surface area contributed by atoms with Crippen molar-refractivity contribution in [3.63, 3.8) is 0 Å². The van der Waals surface area contributed by atoms with E-state index in [1.807, 2.05) is 18.2 Å². The number of hydrogen-bond donors (Lipinski definition) is 0. The van der Waals surface area contributed by atoms with Crippen LogP contribution in [0.3, 0.4) is 0 Å². The van der Waals surface area contributed by atoms with Crippen LogP contribution in [0, 0.1) is 5.92 Å². The van der Waals surface area contributed by atoms with E-state index in [4.69, 9.17) is 14.2 Å². The molecule has 26 heavy (non-hydrogen) atoms. The first-order chi connectivity index (χ1) is 12.7.